The first-order valence-electron chi connectivity index (χ1n) is 5.56. The van der Waals surface area contributed by atoms with Crippen LogP contribution < -0.4 is 0 Å². The second-order valence-corrected chi connectivity index (χ2v) is 6.03. The van der Waals surface area contributed by atoms with Crippen LogP contribution in [0.15, 0.2) is 29.6 Å². The summed E-state index contributed by atoms with van der Waals surface area (Å²) in [4.78, 5) is 4.54. The molecule has 3 aromatic rings. The number of nitrogens with zero attached hydrogens (tertiary/aromatic N) is 1. The van der Waals surface area contributed by atoms with Crippen LogP contribution in [0.5, 0.6) is 0 Å². The van der Waals surface area contributed by atoms with Crippen LogP contribution in [-0.4, -0.2) is 9.55 Å². The third-order valence-corrected chi connectivity index (χ3v) is 4.57. The fourth-order valence-electron chi connectivity index (χ4n) is 1.99. The molecule has 0 saturated carbocycles. The number of H-pyrrole nitrogens is 1. The maximum atomic E-state index is 6.05. The maximum absolute atomic E-state index is 6.05. The van der Waals surface area contributed by atoms with Gasteiger partial charge in [0, 0.05) is 9.90 Å². The predicted molar refractivity (Wildman–Crippen MR) is 80.3 cm³/mol. The highest BCUT2D eigenvalue weighted by Crippen LogP contribution is 2.23. The van der Waals surface area contributed by atoms with Gasteiger partial charge in [0.25, 0.3) is 0 Å². The summed E-state index contributed by atoms with van der Waals surface area (Å²) in [6.07, 6.45) is 0. The number of aryl methyl sites for hydroxylation is 1. The van der Waals surface area contributed by atoms with Crippen LogP contribution in [0.25, 0.3) is 11.0 Å². The van der Waals surface area contributed by atoms with E-state index in [1.54, 1.807) is 11.3 Å². The Morgan fingerprint density at radius 2 is 2.22 bits per heavy atom. The van der Waals surface area contributed by atoms with E-state index in [9.17, 15) is 0 Å². The van der Waals surface area contributed by atoms with Crippen LogP contribution in [0.1, 0.15) is 10.4 Å². The highest BCUT2D eigenvalue weighted by Gasteiger charge is 2.07. The number of hydrogen-bond donors (Lipinski definition) is 1. The number of aromatic nitrogens is 2. The smallest absolute Gasteiger partial charge is 0.178 e. The number of fused-ring (bicyclic) bond motifs is 1. The number of thiophene rings is 1. The van der Waals surface area contributed by atoms with Gasteiger partial charge in [0.2, 0.25) is 0 Å². The van der Waals surface area contributed by atoms with Crippen LogP contribution in [0, 0.1) is 11.7 Å². The van der Waals surface area contributed by atoms with Crippen LogP contribution >= 0.6 is 35.2 Å². The van der Waals surface area contributed by atoms with Crippen LogP contribution in [0.2, 0.25) is 5.02 Å². The molecular formula is C13H11ClN2S2. The van der Waals surface area contributed by atoms with Crippen molar-refractivity contribution < 1.29 is 0 Å². The number of imidazole rings is 1. The molecule has 92 valence electrons. The first kappa shape index (κ1) is 12.0. The molecule has 0 aliphatic rings. The minimum atomic E-state index is 0.730. The Labute approximate surface area is 119 Å². The van der Waals surface area contributed by atoms with Gasteiger partial charge < -0.3 is 9.55 Å². The van der Waals surface area contributed by atoms with E-state index in [4.69, 9.17) is 23.8 Å². The van der Waals surface area contributed by atoms with E-state index < -0.39 is 0 Å². The fourth-order valence-corrected chi connectivity index (χ4v) is 3.33. The average molecular weight is 295 g/mol. The predicted octanol–water partition coefficient (Wildman–Crippen LogP) is 4.77. The van der Waals surface area contributed by atoms with E-state index in [0.29, 0.717) is 0 Å². The van der Waals surface area contributed by atoms with Gasteiger partial charge in [-0.3, -0.25) is 0 Å². The Hall–Kier alpha value is -1.10. The second-order valence-electron chi connectivity index (χ2n) is 4.20. The summed E-state index contributed by atoms with van der Waals surface area (Å²) in [5.41, 5.74) is 3.39. The van der Waals surface area contributed by atoms with Crippen molar-refractivity contribution in [1.82, 2.24) is 9.55 Å². The lowest BCUT2D eigenvalue weighted by Gasteiger charge is -2.04. The molecule has 2 nitrogen and oxygen atoms in total. The molecule has 5 heteroatoms. The molecule has 0 radical (unpaired) electrons. The zero-order chi connectivity index (χ0) is 12.7. The van der Waals surface area contributed by atoms with Crippen molar-refractivity contribution in [3.05, 3.63) is 49.9 Å². The molecule has 1 aromatic carbocycles. The maximum Gasteiger partial charge on any atom is 0.178 e. The molecule has 0 spiro atoms. The van der Waals surface area contributed by atoms with Crippen molar-refractivity contribution in [2.75, 3.05) is 0 Å². The summed E-state index contributed by atoms with van der Waals surface area (Å²) in [6.45, 7) is 2.92. The largest absolute Gasteiger partial charge is 0.331 e. The molecule has 3 rings (SSSR count). The quantitative estimate of drug-likeness (QED) is 0.675. The number of rotatable bonds is 2. The molecule has 0 atom stereocenters. The van der Waals surface area contributed by atoms with Gasteiger partial charge in [-0.1, -0.05) is 11.6 Å². The number of benzene rings is 1. The van der Waals surface area contributed by atoms with E-state index >= 15 is 0 Å². The molecule has 0 bridgehead atoms. The van der Waals surface area contributed by atoms with E-state index in [-0.39, 0.29) is 0 Å². The van der Waals surface area contributed by atoms with E-state index in [1.807, 2.05) is 18.2 Å². The number of aromatic amines is 1. The Morgan fingerprint density at radius 1 is 1.39 bits per heavy atom. The van der Waals surface area contributed by atoms with Crippen molar-refractivity contribution in [1.29, 1.82) is 0 Å². The summed E-state index contributed by atoms with van der Waals surface area (Å²) in [5.74, 6) is 0. The Morgan fingerprint density at radius 3 is 2.94 bits per heavy atom. The molecule has 0 unspecified atom stereocenters. The molecular weight excluding hydrogens is 284 g/mol. The van der Waals surface area contributed by atoms with Gasteiger partial charge in [-0.15, -0.1) is 11.3 Å². The molecule has 1 N–H and O–H groups in total. The number of nitrogens with one attached hydrogen (secondary N) is 1. The van der Waals surface area contributed by atoms with E-state index in [0.717, 1.165) is 27.4 Å². The highest BCUT2D eigenvalue weighted by molar-refractivity contribution is 7.71. The second kappa shape index (κ2) is 4.53. The average Bonchev–Trinajstić information content (AvgIpc) is 2.86. The van der Waals surface area contributed by atoms with Crippen LogP contribution in [0.4, 0.5) is 0 Å². The molecule has 0 amide bonds. The summed E-state index contributed by atoms with van der Waals surface area (Å²) in [5, 5.41) is 2.84. The third-order valence-electron chi connectivity index (χ3n) is 3.01. The van der Waals surface area contributed by atoms with E-state index in [2.05, 4.69) is 27.9 Å². The van der Waals surface area contributed by atoms with Gasteiger partial charge in [-0.25, -0.2) is 0 Å². The van der Waals surface area contributed by atoms with Gasteiger partial charge in [-0.05, 0) is 54.4 Å². The van der Waals surface area contributed by atoms with Gasteiger partial charge in [0.1, 0.15) is 0 Å². The molecule has 18 heavy (non-hydrogen) atoms. The van der Waals surface area contributed by atoms with Crippen molar-refractivity contribution >= 4 is 46.2 Å². The minimum Gasteiger partial charge on any atom is -0.331 e. The summed E-state index contributed by atoms with van der Waals surface area (Å²) in [7, 11) is 0. The molecule has 0 saturated heterocycles. The lowest BCUT2D eigenvalue weighted by atomic mass is 10.3. The zero-order valence-corrected chi connectivity index (χ0v) is 12.1. The Kier molecular flexibility index (Phi) is 3.01. The normalized spacial score (nSPS) is 11.2. The van der Waals surface area contributed by atoms with Gasteiger partial charge in [-0.2, -0.15) is 0 Å². The number of hydrogen-bond acceptors (Lipinski definition) is 2. The monoisotopic (exact) mass is 294 g/mol. The lowest BCUT2D eigenvalue weighted by molar-refractivity contribution is 0.819. The first-order chi connectivity index (χ1) is 8.65. The molecule has 0 aliphatic heterocycles. The SMILES string of the molecule is Cc1ccsc1Cn1c(=S)[nH]c2ccc(Cl)cc21. The summed E-state index contributed by atoms with van der Waals surface area (Å²) < 4.78 is 2.83. The summed E-state index contributed by atoms with van der Waals surface area (Å²) >= 11 is 13.2. The van der Waals surface area contributed by atoms with Crippen LogP contribution in [-0.2, 0) is 6.54 Å². The summed E-state index contributed by atoms with van der Waals surface area (Å²) in [6, 6.07) is 7.92. The van der Waals surface area contributed by atoms with Crippen molar-refractivity contribution in [3.8, 4) is 0 Å². The molecule has 0 aliphatic carbocycles. The van der Waals surface area contributed by atoms with E-state index in [1.165, 1.54) is 10.4 Å². The molecule has 2 heterocycles. The van der Waals surface area contributed by atoms with Crippen LogP contribution in [0.3, 0.4) is 0 Å². The fraction of sp³-hybridized carbons (Fsp3) is 0.154. The minimum absolute atomic E-state index is 0.730. The topological polar surface area (TPSA) is 20.7 Å². The third kappa shape index (κ3) is 2.00. The lowest BCUT2D eigenvalue weighted by Crippen LogP contribution is -1.98. The number of halogens is 1. The molecule has 0 fully saturated rings. The van der Waals surface area contributed by atoms with Gasteiger partial charge >= 0.3 is 0 Å². The van der Waals surface area contributed by atoms with Gasteiger partial charge in [0.05, 0.1) is 17.6 Å². The van der Waals surface area contributed by atoms with Gasteiger partial charge in [0.15, 0.2) is 4.77 Å². The molecule has 2 aromatic heterocycles. The Bertz CT molecular complexity index is 767. The van der Waals surface area contributed by atoms with Crippen molar-refractivity contribution in [2.24, 2.45) is 0 Å². The Balaban J connectivity index is 2.17. The zero-order valence-electron chi connectivity index (χ0n) is 9.74. The first-order valence-corrected chi connectivity index (χ1v) is 7.23. The van der Waals surface area contributed by atoms with Crippen molar-refractivity contribution in [2.45, 2.75) is 13.5 Å². The van der Waals surface area contributed by atoms with Crippen molar-refractivity contribution in [3.63, 3.8) is 0 Å². The highest BCUT2D eigenvalue weighted by atomic mass is 35.5. The standard InChI is InChI=1S/C13H11ClN2S2/c1-8-4-5-18-12(8)7-16-11-6-9(14)2-3-10(11)15-13(16)17/h2-6H,7H2,1H3,(H,15,17).